The van der Waals surface area contributed by atoms with Gasteiger partial charge in [-0.15, -0.1) is 0 Å². The number of benzene rings is 1. The Bertz CT molecular complexity index is 1090. The molecule has 172 valence electrons. The molecule has 2 fully saturated rings. The summed E-state index contributed by atoms with van der Waals surface area (Å²) in [5.74, 6) is 3.23. The van der Waals surface area contributed by atoms with Gasteiger partial charge in [0.1, 0.15) is 5.84 Å². The summed E-state index contributed by atoms with van der Waals surface area (Å²) in [6.45, 7) is 4.96. The molecule has 5 rings (SSSR count). The van der Waals surface area contributed by atoms with Crippen molar-refractivity contribution in [2.24, 2.45) is 10.9 Å². The molecule has 0 radical (unpaired) electrons. The summed E-state index contributed by atoms with van der Waals surface area (Å²) in [5, 5.41) is 13.2. The fourth-order valence-electron chi connectivity index (χ4n) is 4.08. The first-order valence-corrected chi connectivity index (χ1v) is 11.8. The molecule has 0 unspecified atom stereocenters. The van der Waals surface area contributed by atoms with Crippen LogP contribution in [0.25, 0.3) is 12.2 Å². The quantitative estimate of drug-likeness (QED) is 0.649. The number of nitrogens with one attached hydrogen (secondary N) is 1. The summed E-state index contributed by atoms with van der Waals surface area (Å²) >= 11 is 6.12. The third-order valence-corrected chi connectivity index (χ3v) is 6.32. The van der Waals surface area contributed by atoms with E-state index in [0.29, 0.717) is 35.2 Å². The normalized spacial score (nSPS) is 19.2. The second-order valence-corrected chi connectivity index (χ2v) is 9.01. The lowest BCUT2D eigenvalue weighted by atomic mass is 10.2. The van der Waals surface area contributed by atoms with Gasteiger partial charge in [-0.1, -0.05) is 29.8 Å². The minimum Gasteiger partial charge on any atom is -0.395 e. The zero-order valence-corrected chi connectivity index (χ0v) is 19.2. The summed E-state index contributed by atoms with van der Waals surface area (Å²) < 4.78 is 0. The first-order valence-electron chi connectivity index (χ1n) is 11.5. The lowest BCUT2D eigenvalue weighted by molar-refractivity contribution is 0.188. The number of aliphatic hydroxyl groups excluding tert-OH is 1. The second kappa shape index (κ2) is 9.99. The number of nitrogens with zero attached hydrogens (tertiary/aromatic N) is 6. The molecule has 2 aromatic rings. The van der Waals surface area contributed by atoms with Crippen LogP contribution in [0.4, 0.5) is 11.9 Å². The van der Waals surface area contributed by atoms with Crippen LogP contribution in [0.3, 0.4) is 0 Å². The Morgan fingerprint density at radius 3 is 2.70 bits per heavy atom. The Kier molecular flexibility index (Phi) is 6.66. The number of aliphatic imine (C=N–C) groups is 1. The highest BCUT2D eigenvalue weighted by Gasteiger charge is 2.28. The van der Waals surface area contributed by atoms with Crippen LogP contribution in [0.5, 0.6) is 0 Å². The van der Waals surface area contributed by atoms with Crippen molar-refractivity contribution in [3.63, 3.8) is 0 Å². The van der Waals surface area contributed by atoms with Crippen LogP contribution < -0.4 is 10.2 Å². The molecule has 1 saturated heterocycles. The Morgan fingerprint density at radius 2 is 1.94 bits per heavy atom. The van der Waals surface area contributed by atoms with Gasteiger partial charge in [0.15, 0.2) is 5.82 Å². The fourth-order valence-corrected chi connectivity index (χ4v) is 4.28. The van der Waals surface area contributed by atoms with Crippen molar-refractivity contribution in [3.8, 4) is 0 Å². The van der Waals surface area contributed by atoms with E-state index in [-0.39, 0.29) is 6.61 Å². The Labute approximate surface area is 198 Å². The monoisotopic (exact) mass is 465 g/mol. The number of aliphatic hydroxyl groups is 1. The minimum absolute atomic E-state index is 0.177. The molecule has 8 nitrogen and oxygen atoms in total. The van der Waals surface area contributed by atoms with Crippen LogP contribution in [-0.4, -0.2) is 76.7 Å². The molecule has 1 aromatic carbocycles. The van der Waals surface area contributed by atoms with E-state index in [9.17, 15) is 5.11 Å². The van der Waals surface area contributed by atoms with E-state index in [1.807, 2.05) is 36.4 Å². The van der Waals surface area contributed by atoms with Crippen LogP contribution in [0.15, 0.2) is 40.9 Å². The van der Waals surface area contributed by atoms with Crippen molar-refractivity contribution in [1.29, 1.82) is 0 Å². The van der Waals surface area contributed by atoms with Gasteiger partial charge in [0.2, 0.25) is 11.9 Å². The number of anilines is 2. The van der Waals surface area contributed by atoms with Gasteiger partial charge >= 0.3 is 0 Å². The number of hydrogen-bond acceptors (Lipinski definition) is 8. The van der Waals surface area contributed by atoms with Crippen molar-refractivity contribution in [2.45, 2.75) is 12.8 Å². The van der Waals surface area contributed by atoms with Crippen LogP contribution in [0.2, 0.25) is 5.02 Å². The standard InChI is InChI=1S/C24H28ClN7O/c25-20-3-1-2-17(14-20)4-7-21-27-23(28-22-15-19(16-26-22)18-5-6-18)30-24(29-21)32-10-8-31(9-11-32)12-13-33/h1-4,7,14-15,18,33H,5-6,8-13,16H2,(H,26,27,28,29,30)/b7-4+. The SMILES string of the molecule is OCCN1CCN(c2nc(/C=C/c3cccc(Cl)c3)nc(NC3=NCC(C4CC4)=C3)n2)CC1. The van der Waals surface area contributed by atoms with Crippen LogP contribution in [0.1, 0.15) is 24.2 Å². The fraction of sp³-hybridized carbons (Fsp3) is 0.417. The molecule has 0 atom stereocenters. The maximum Gasteiger partial charge on any atom is 0.233 e. The largest absolute Gasteiger partial charge is 0.395 e. The van der Waals surface area contributed by atoms with Gasteiger partial charge in [0.25, 0.3) is 0 Å². The third-order valence-electron chi connectivity index (χ3n) is 6.08. The molecule has 1 saturated carbocycles. The molecule has 0 bridgehead atoms. The van der Waals surface area contributed by atoms with E-state index in [4.69, 9.17) is 21.6 Å². The molecular formula is C24H28ClN7O. The van der Waals surface area contributed by atoms with E-state index >= 15 is 0 Å². The average Bonchev–Trinajstić information content (AvgIpc) is 3.57. The van der Waals surface area contributed by atoms with E-state index in [1.54, 1.807) is 0 Å². The van der Waals surface area contributed by atoms with Gasteiger partial charge in [0, 0.05) is 37.7 Å². The summed E-state index contributed by atoms with van der Waals surface area (Å²) in [5.41, 5.74) is 2.38. The van der Waals surface area contributed by atoms with Crippen LogP contribution >= 0.6 is 11.6 Å². The van der Waals surface area contributed by atoms with Crippen LogP contribution in [-0.2, 0) is 0 Å². The number of aromatic nitrogens is 3. The van der Waals surface area contributed by atoms with Crippen molar-refractivity contribution >= 4 is 41.5 Å². The maximum atomic E-state index is 9.21. The number of rotatable bonds is 7. The Balaban J connectivity index is 1.37. The maximum absolute atomic E-state index is 9.21. The van der Waals surface area contributed by atoms with Gasteiger partial charge in [-0.3, -0.25) is 9.89 Å². The lowest BCUT2D eigenvalue weighted by Gasteiger charge is -2.34. The zero-order valence-electron chi connectivity index (χ0n) is 18.5. The first-order chi connectivity index (χ1) is 16.2. The molecule has 9 heteroatoms. The molecule has 0 spiro atoms. The van der Waals surface area contributed by atoms with Gasteiger partial charge in [0.05, 0.1) is 13.2 Å². The van der Waals surface area contributed by atoms with E-state index in [2.05, 4.69) is 31.2 Å². The van der Waals surface area contributed by atoms with Gasteiger partial charge in [-0.25, -0.2) is 0 Å². The molecule has 1 aromatic heterocycles. The van der Waals surface area contributed by atoms with Gasteiger partial charge in [-0.05, 0) is 54.2 Å². The predicted molar refractivity (Wildman–Crippen MR) is 133 cm³/mol. The Hall–Kier alpha value is -2.81. The molecule has 3 aliphatic rings. The average molecular weight is 466 g/mol. The lowest BCUT2D eigenvalue weighted by Crippen LogP contribution is -2.47. The molecule has 3 heterocycles. The van der Waals surface area contributed by atoms with E-state index < -0.39 is 0 Å². The number of hydrogen-bond donors (Lipinski definition) is 2. The van der Waals surface area contributed by atoms with Crippen LogP contribution in [0, 0.1) is 5.92 Å². The topological polar surface area (TPSA) is 89.8 Å². The summed E-state index contributed by atoms with van der Waals surface area (Å²) in [6, 6.07) is 7.66. The molecule has 2 N–H and O–H groups in total. The van der Waals surface area contributed by atoms with Gasteiger partial charge < -0.3 is 15.3 Å². The van der Waals surface area contributed by atoms with Crippen molar-refractivity contribution < 1.29 is 5.11 Å². The van der Waals surface area contributed by atoms with Gasteiger partial charge in [-0.2, -0.15) is 15.0 Å². The highest BCUT2D eigenvalue weighted by atomic mass is 35.5. The highest BCUT2D eigenvalue weighted by Crippen LogP contribution is 2.37. The zero-order chi connectivity index (χ0) is 22.6. The molecule has 33 heavy (non-hydrogen) atoms. The Morgan fingerprint density at radius 1 is 1.09 bits per heavy atom. The second-order valence-electron chi connectivity index (χ2n) is 8.58. The summed E-state index contributed by atoms with van der Waals surface area (Å²) in [6.07, 6.45) is 8.50. The van der Waals surface area contributed by atoms with Crippen molar-refractivity contribution in [1.82, 2.24) is 19.9 Å². The first kappa shape index (κ1) is 22.0. The number of halogens is 1. The predicted octanol–water partition coefficient (Wildman–Crippen LogP) is 2.97. The molecule has 0 amide bonds. The number of β-amino-alcohol motifs (C(OH)–C–C–N with tert-alkyl or cyclic N) is 1. The molecular weight excluding hydrogens is 438 g/mol. The van der Waals surface area contributed by atoms with E-state index in [0.717, 1.165) is 44.1 Å². The third kappa shape index (κ3) is 5.76. The van der Waals surface area contributed by atoms with E-state index in [1.165, 1.54) is 18.4 Å². The highest BCUT2D eigenvalue weighted by molar-refractivity contribution is 6.30. The molecule has 1 aliphatic carbocycles. The summed E-state index contributed by atoms with van der Waals surface area (Å²) in [7, 11) is 0. The number of piperazine rings is 1. The molecule has 2 aliphatic heterocycles. The summed E-state index contributed by atoms with van der Waals surface area (Å²) in [4.78, 5) is 23.1. The minimum atomic E-state index is 0.177. The van der Waals surface area contributed by atoms with Crippen molar-refractivity contribution in [3.05, 3.63) is 52.3 Å². The van der Waals surface area contributed by atoms with Crippen molar-refractivity contribution in [2.75, 3.05) is 56.1 Å². The number of amidine groups is 1. The smallest absolute Gasteiger partial charge is 0.233 e.